The number of guanidine groups is 1. The highest BCUT2D eigenvalue weighted by molar-refractivity contribution is 14.0. The van der Waals surface area contributed by atoms with Gasteiger partial charge in [0.1, 0.15) is 11.6 Å². The molecule has 3 rings (SSSR count). The fourth-order valence-electron chi connectivity index (χ4n) is 3.20. The maximum Gasteiger partial charge on any atom is 0.258 e. The molecule has 1 aliphatic rings. The van der Waals surface area contributed by atoms with Gasteiger partial charge in [0, 0.05) is 26.2 Å². The summed E-state index contributed by atoms with van der Waals surface area (Å²) in [5.41, 5.74) is 3.25. The summed E-state index contributed by atoms with van der Waals surface area (Å²) in [7, 11) is 1.74. The van der Waals surface area contributed by atoms with E-state index in [0.29, 0.717) is 18.3 Å². The fourth-order valence-corrected chi connectivity index (χ4v) is 3.20. The smallest absolute Gasteiger partial charge is 0.258 e. The minimum Gasteiger partial charge on any atom is -0.484 e. The Morgan fingerprint density at radius 2 is 1.78 bits per heavy atom. The van der Waals surface area contributed by atoms with Crippen molar-refractivity contribution in [3.8, 4) is 5.75 Å². The van der Waals surface area contributed by atoms with E-state index in [4.69, 9.17) is 4.74 Å². The number of hydrogen-bond acceptors (Lipinski definition) is 3. The van der Waals surface area contributed by atoms with Crippen LogP contribution in [0.25, 0.3) is 0 Å². The van der Waals surface area contributed by atoms with Crippen LogP contribution >= 0.6 is 24.0 Å². The zero-order valence-corrected chi connectivity index (χ0v) is 20.9. The number of amides is 1. The molecule has 0 aromatic heterocycles. The van der Waals surface area contributed by atoms with Crippen molar-refractivity contribution < 1.29 is 13.9 Å². The number of ether oxygens (including phenoxy) is 1. The van der Waals surface area contributed by atoms with Crippen molar-refractivity contribution in [2.75, 3.05) is 26.7 Å². The molecule has 0 saturated heterocycles. The van der Waals surface area contributed by atoms with Crippen molar-refractivity contribution in [1.29, 1.82) is 0 Å². The number of benzene rings is 2. The van der Waals surface area contributed by atoms with E-state index in [0.717, 1.165) is 49.3 Å². The Balaban J connectivity index is 0.00000363. The third kappa shape index (κ3) is 9.02. The summed E-state index contributed by atoms with van der Waals surface area (Å²) in [6.45, 7) is 3.42. The van der Waals surface area contributed by atoms with Crippen LogP contribution in [-0.2, 0) is 17.6 Å². The number of carbonyl (C=O) groups is 1. The van der Waals surface area contributed by atoms with Gasteiger partial charge in [-0.15, -0.1) is 24.0 Å². The number of rotatable bonds is 10. The van der Waals surface area contributed by atoms with E-state index in [-0.39, 0.29) is 42.3 Å². The first-order valence-electron chi connectivity index (χ1n) is 10.7. The minimum atomic E-state index is -0.203. The molecular formula is C24H32FIN4O2. The molecule has 1 fully saturated rings. The summed E-state index contributed by atoms with van der Waals surface area (Å²) in [6, 6.07) is 13.0. The van der Waals surface area contributed by atoms with Crippen LogP contribution < -0.4 is 20.7 Å². The Hall–Kier alpha value is -2.36. The first kappa shape index (κ1) is 25.9. The topological polar surface area (TPSA) is 74.8 Å². The van der Waals surface area contributed by atoms with Gasteiger partial charge in [0.2, 0.25) is 0 Å². The van der Waals surface area contributed by atoms with Crippen LogP contribution in [0.3, 0.4) is 0 Å². The summed E-state index contributed by atoms with van der Waals surface area (Å²) < 4.78 is 18.7. The lowest BCUT2D eigenvalue weighted by atomic mass is 10.1. The molecule has 0 heterocycles. The molecule has 2 aromatic rings. The van der Waals surface area contributed by atoms with Crippen LogP contribution in [0.5, 0.6) is 5.75 Å². The molecule has 0 aliphatic heterocycles. The van der Waals surface area contributed by atoms with Gasteiger partial charge < -0.3 is 20.7 Å². The molecular weight excluding hydrogens is 522 g/mol. The number of halogens is 2. The van der Waals surface area contributed by atoms with Crippen LogP contribution in [0, 0.1) is 12.7 Å². The number of aliphatic imine (C=N–C) groups is 1. The molecule has 3 N–H and O–H groups in total. The van der Waals surface area contributed by atoms with Gasteiger partial charge in [0.25, 0.3) is 5.91 Å². The molecule has 8 heteroatoms. The largest absolute Gasteiger partial charge is 0.484 e. The summed E-state index contributed by atoms with van der Waals surface area (Å²) >= 11 is 0. The standard InChI is InChI=1S/C24H31FN4O2.HI/c1-17-15-20(25)6-5-19(17)12-14-28-24(26-2)27-13-11-18-3-9-22(10-4-18)31-16-23(30)29-21-7-8-21;/h3-6,9-10,15,21H,7-8,11-14,16H2,1-2H3,(H,29,30)(H2,26,27,28);1H. The Morgan fingerprint density at radius 3 is 2.41 bits per heavy atom. The predicted octanol–water partition coefficient (Wildman–Crippen LogP) is 3.36. The van der Waals surface area contributed by atoms with Gasteiger partial charge in [0.15, 0.2) is 12.6 Å². The van der Waals surface area contributed by atoms with E-state index in [9.17, 15) is 9.18 Å². The SMILES string of the molecule is CN=C(NCCc1ccc(OCC(=O)NC2CC2)cc1)NCCc1ccc(F)cc1C.I. The van der Waals surface area contributed by atoms with Gasteiger partial charge in [-0.25, -0.2) is 4.39 Å². The third-order valence-electron chi connectivity index (χ3n) is 5.16. The monoisotopic (exact) mass is 554 g/mol. The van der Waals surface area contributed by atoms with Crippen LogP contribution in [0.15, 0.2) is 47.5 Å². The van der Waals surface area contributed by atoms with Crippen molar-refractivity contribution in [2.24, 2.45) is 4.99 Å². The zero-order valence-electron chi connectivity index (χ0n) is 18.6. The highest BCUT2D eigenvalue weighted by Crippen LogP contribution is 2.18. The van der Waals surface area contributed by atoms with Crippen molar-refractivity contribution in [3.05, 3.63) is 65.0 Å². The molecule has 0 spiro atoms. The average molecular weight is 554 g/mol. The molecule has 1 aliphatic carbocycles. The number of hydrogen-bond donors (Lipinski definition) is 3. The lowest BCUT2D eigenvalue weighted by Crippen LogP contribution is -2.39. The van der Waals surface area contributed by atoms with Crippen molar-refractivity contribution in [3.63, 3.8) is 0 Å². The second-order valence-electron chi connectivity index (χ2n) is 7.77. The molecule has 0 unspecified atom stereocenters. The second-order valence-corrected chi connectivity index (χ2v) is 7.77. The lowest BCUT2D eigenvalue weighted by Gasteiger charge is -2.13. The van der Waals surface area contributed by atoms with E-state index in [1.807, 2.05) is 37.3 Å². The van der Waals surface area contributed by atoms with Crippen molar-refractivity contribution in [2.45, 2.75) is 38.6 Å². The van der Waals surface area contributed by atoms with E-state index in [1.54, 1.807) is 13.1 Å². The van der Waals surface area contributed by atoms with Gasteiger partial charge in [-0.3, -0.25) is 9.79 Å². The summed E-state index contributed by atoms with van der Waals surface area (Å²) in [4.78, 5) is 15.9. The normalized spacial score (nSPS) is 13.2. The average Bonchev–Trinajstić information content (AvgIpc) is 3.57. The highest BCUT2D eigenvalue weighted by Gasteiger charge is 2.23. The number of carbonyl (C=O) groups excluding carboxylic acids is 1. The molecule has 2 aromatic carbocycles. The Morgan fingerprint density at radius 1 is 1.09 bits per heavy atom. The molecule has 0 atom stereocenters. The quantitative estimate of drug-likeness (QED) is 0.239. The molecule has 1 amide bonds. The van der Waals surface area contributed by atoms with Gasteiger partial charge in [-0.2, -0.15) is 0 Å². The van der Waals surface area contributed by atoms with Crippen LogP contribution in [0.1, 0.15) is 29.5 Å². The van der Waals surface area contributed by atoms with E-state index in [1.165, 1.54) is 11.6 Å². The van der Waals surface area contributed by atoms with Gasteiger partial charge in [-0.05, 0) is 73.6 Å². The maximum absolute atomic E-state index is 13.2. The Labute approximate surface area is 206 Å². The van der Waals surface area contributed by atoms with E-state index >= 15 is 0 Å². The lowest BCUT2D eigenvalue weighted by molar-refractivity contribution is -0.123. The van der Waals surface area contributed by atoms with Gasteiger partial charge >= 0.3 is 0 Å². The van der Waals surface area contributed by atoms with Gasteiger partial charge in [-0.1, -0.05) is 18.2 Å². The van der Waals surface area contributed by atoms with Gasteiger partial charge in [0.05, 0.1) is 0 Å². The summed E-state index contributed by atoms with van der Waals surface area (Å²) in [6.07, 6.45) is 3.78. The molecule has 1 saturated carbocycles. The maximum atomic E-state index is 13.2. The zero-order chi connectivity index (χ0) is 22.1. The number of nitrogens with zero attached hydrogens (tertiary/aromatic N) is 1. The van der Waals surface area contributed by atoms with Crippen molar-refractivity contribution in [1.82, 2.24) is 16.0 Å². The highest BCUT2D eigenvalue weighted by atomic mass is 127. The molecule has 0 radical (unpaired) electrons. The van der Waals surface area contributed by atoms with Crippen LogP contribution in [0.2, 0.25) is 0 Å². The summed E-state index contributed by atoms with van der Waals surface area (Å²) in [5, 5.41) is 9.49. The number of nitrogens with one attached hydrogen (secondary N) is 3. The molecule has 0 bridgehead atoms. The molecule has 32 heavy (non-hydrogen) atoms. The fraction of sp³-hybridized carbons (Fsp3) is 0.417. The van der Waals surface area contributed by atoms with E-state index < -0.39 is 0 Å². The first-order chi connectivity index (χ1) is 15.0. The van der Waals surface area contributed by atoms with Crippen molar-refractivity contribution >= 4 is 35.8 Å². The Kier molecular flexibility index (Phi) is 10.7. The minimum absolute atomic E-state index is 0. The number of aryl methyl sites for hydroxylation is 1. The predicted molar refractivity (Wildman–Crippen MR) is 136 cm³/mol. The van der Waals surface area contributed by atoms with E-state index in [2.05, 4.69) is 20.9 Å². The first-order valence-corrected chi connectivity index (χ1v) is 10.7. The Bertz CT molecular complexity index is 901. The molecule has 174 valence electrons. The third-order valence-corrected chi connectivity index (χ3v) is 5.16. The second kappa shape index (κ2) is 13.2. The van der Waals surface area contributed by atoms with Crippen LogP contribution in [-0.4, -0.2) is 44.7 Å². The van der Waals surface area contributed by atoms with Crippen LogP contribution in [0.4, 0.5) is 4.39 Å². The molecule has 6 nitrogen and oxygen atoms in total. The summed E-state index contributed by atoms with van der Waals surface area (Å²) in [5.74, 6) is 1.16.